The van der Waals surface area contributed by atoms with Crippen LogP contribution in [-0.2, 0) is 6.18 Å². The van der Waals surface area contributed by atoms with Gasteiger partial charge in [0.25, 0.3) is 5.91 Å². The van der Waals surface area contributed by atoms with Crippen LogP contribution in [-0.4, -0.2) is 33.4 Å². The summed E-state index contributed by atoms with van der Waals surface area (Å²) in [5.41, 5.74) is -1.11. The number of carboxylic acid groups (broad SMARTS) is 1. The predicted molar refractivity (Wildman–Crippen MR) is 101 cm³/mol. The molecule has 0 spiro atoms. The Labute approximate surface area is 169 Å². The molecule has 1 heterocycles. The number of carbonyl (C=O) groups excluding carboxylic acids is 1. The molecular weight excluding hydrogens is 401 g/mol. The molecule has 1 aromatic heterocycles. The number of carbonyl (C=O) groups is 2. The van der Waals surface area contributed by atoms with E-state index in [2.05, 4.69) is 15.7 Å². The van der Waals surface area contributed by atoms with Crippen LogP contribution in [0, 0.1) is 0 Å². The average molecular weight is 418 g/mol. The Balaban J connectivity index is 1.93. The Morgan fingerprint density at radius 1 is 1.03 bits per heavy atom. The SMILES string of the molecule is O=C(O)NCC(NC(=O)c1cn(-c2ccccc2)nc1C(F)(F)F)c1ccccc1. The third-order valence-corrected chi connectivity index (χ3v) is 4.21. The lowest BCUT2D eigenvalue weighted by Crippen LogP contribution is -2.37. The van der Waals surface area contributed by atoms with E-state index < -0.39 is 35.5 Å². The number of nitrogens with one attached hydrogen (secondary N) is 2. The molecule has 1 atom stereocenters. The van der Waals surface area contributed by atoms with Gasteiger partial charge in [-0.05, 0) is 17.7 Å². The number of nitrogens with zero attached hydrogens (tertiary/aromatic N) is 2. The maximum Gasteiger partial charge on any atom is 0.435 e. The molecule has 0 aliphatic heterocycles. The number of aromatic nitrogens is 2. The van der Waals surface area contributed by atoms with E-state index in [1.54, 1.807) is 60.7 Å². The van der Waals surface area contributed by atoms with Crippen LogP contribution in [0.4, 0.5) is 18.0 Å². The van der Waals surface area contributed by atoms with E-state index in [-0.39, 0.29) is 6.54 Å². The van der Waals surface area contributed by atoms with Crippen molar-refractivity contribution in [1.29, 1.82) is 0 Å². The third kappa shape index (κ3) is 4.96. The molecule has 30 heavy (non-hydrogen) atoms. The van der Waals surface area contributed by atoms with E-state index in [0.717, 1.165) is 10.9 Å². The molecule has 0 saturated heterocycles. The molecule has 10 heteroatoms. The van der Waals surface area contributed by atoms with Gasteiger partial charge in [0, 0.05) is 12.7 Å². The van der Waals surface area contributed by atoms with Gasteiger partial charge in [0.05, 0.1) is 17.3 Å². The van der Waals surface area contributed by atoms with Crippen molar-refractivity contribution in [2.75, 3.05) is 6.54 Å². The van der Waals surface area contributed by atoms with E-state index in [1.165, 1.54) is 0 Å². The van der Waals surface area contributed by atoms with E-state index in [4.69, 9.17) is 5.11 Å². The second-order valence-electron chi connectivity index (χ2n) is 6.29. The quantitative estimate of drug-likeness (QED) is 0.570. The molecule has 1 unspecified atom stereocenters. The van der Waals surface area contributed by atoms with Crippen LogP contribution in [0.2, 0.25) is 0 Å². The van der Waals surface area contributed by atoms with E-state index in [9.17, 15) is 22.8 Å². The number of halogens is 3. The van der Waals surface area contributed by atoms with Crippen molar-refractivity contribution in [3.63, 3.8) is 0 Å². The van der Waals surface area contributed by atoms with Gasteiger partial charge in [0.1, 0.15) is 0 Å². The van der Waals surface area contributed by atoms with Gasteiger partial charge in [-0.2, -0.15) is 18.3 Å². The minimum atomic E-state index is -4.85. The first-order valence-electron chi connectivity index (χ1n) is 8.80. The summed E-state index contributed by atoms with van der Waals surface area (Å²) in [6, 6.07) is 15.5. The molecule has 156 valence electrons. The molecule has 2 aromatic carbocycles. The van der Waals surface area contributed by atoms with Crippen LogP contribution < -0.4 is 10.6 Å². The summed E-state index contributed by atoms with van der Waals surface area (Å²) in [6.07, 6.45) is -5.17. The van der Waals surface area contributed by atoms with Crippen molar-refractivity contribution in [3.05, 3.63) is 83.7 Å². The lowest BCUT2D eigenvalue weighted by atomic mass is 10.1. The largest absolute Gasteiger partial charge is 0.465 e. The number of alkyl halides is 3. The Hall–Kier alpha value is -3.82. The molecule has 3 N–H and O–H groups in total. The zero-order valence-electron chi connectivity index (χ0n) is 15.4. The lowest BCUT2D eigenvalue weighted by molar-refractivity contribution is -0.141. The highest BCUT2D eigenvalue weighted by Gasteiger charge is 2.39. The van der Waals surface area contributed by atoms with Gasteiger partial charge in [-0.3, -0.25) is 4.79 Å². The maximum absolute atomic E-state index is 13.5. The first-order chi connectivity index (χ1) is 14.3. The average Bonchev–Trinajstić information content (AvgIpc) is 3.18. The summed E-state index contributed by atoms with van der Waals surface area (Å²) < 4.78 is 41.5. The van der Waals surface area contributed by atoms with Gasteiger partial charge >= 0.3 is 12.3 Å². The first-order valence-corrected chi connectivity index (χ1v) is 8.80. The normalized spacial score (nSPS) is 12.2. The number of hydrogen-bond acceptors (Lipinski definition) is 3. The molecule has 0 radical (unpaired) electrons. The molecule has 0 aliphatic carbocycles. The highest BCUT2D eigenvalue weighted by Crippen LogP contribution is 2.31. The minimum Gasteiger partial charge on any atom is -0.465 e. The van der Waals surface area contributed by atoms with E-state index >= 15 is 0 Å². The second kappa shape index (κ2) is 8.68. The fourth-order valence-electron chi connectivity index (χ4n) is 2.83. The Bertz CT molecular complexity index is 1020. The van der Waals surface area contributed by atoms with Crippen LogP contribution in [0.1, 0.15) is 27.7 Å². The zero-order chi connectivity index (χ0) is 21.7. The number of hydrogen-bond donors (Lipinski definition) is 3. The van der Waals surface area contributed by atoms with Crippen molar-refractivity contribution in [2.24, 2.45) is 0 Å². The molecule has 0 aliphatic rings. The first kappa shape index (κ1) is 20.9. The molecule has 0 fully saturated rings. The molecular formula is C20H17F3N4O3. The van der Waals surface area contributed by atoms with Gasteiger partial charge in [-0.25, -0.2) is 9.48 Å². The smallest absolute Gasteiger partial charge is 0.435 e. The molecule has 2 amide bonds. The topological polar surface area (TPSA) is 96.3 Å². The molecule has 3 rings (SSSR count). The monoisotopic (exact) mass is 418 g/mol. The van der Waals surface area contributed by atoms with Crippen LogP contribution in [0.25, 0.3) is 5.69 Å². The van der Waals surface area contributed by atoms with Crippen LogP contribution in [0.15, 0.2) is 66.9 Å². The number of amides is 2. The third-order valence-electron chi connectivity index (χ3n) is 4.21. The summed E-state index contributed by atoms with van der Waals surface area (Å²) in [6.45, 7) is -0.223. The summed E-state index contributed by atoms with van der Waals surface area (Å²) in [7, 11) is 0. The lowest BCUT2D eigenvalue weighted by Gasteiger charge is -2.19. The fourth-order valence-corrected chi connectivity index (χ4v) is 2.83. The molecule has 3 aromatic rings. The summed E-state index contributed by atoms with van der Waals surface area (Å²) in [5.74, 6) is -1.02. The van der Waals surface area contributed by atoms with Crippen molar-refractivity contribution in [1.82, 2.24) is 20.4 Å². The Morgan fingerprint density at radius 2 is 1.63 bits per heavy atom. The standard InChI is InChI=1S/C20H17F3N4O3/c21-20(22,23)17-15(12-27(26-17)14-9-5-2-6-10-14)18(28)25-16(11-24-19(29)30)13-7-3-1-4-8-13/h1-10,12,16,24H,11H2,(H,25,28)(H,29,30). The summed E-state index contributed by atoms with van der Waals surface area (Å²) in [5, 5.41) is 17.0. The molecule has 0 bridgehead atoms. The molecule has 7 nitrogen and oxygen atoms in total. The minimum absolute atomic E-state index is 0.223. The summed E-state index contributed by atoms with van der Waals surface area (Å²) in [4.78, 5) is 23.6. The zero-order valence-corrected chi connectivity index (χ0v) is 15.4. The second-order valence-corrected chi connectivity index (χ2v) is 6.29. The molecule has 0 saturated carbocycles. The van der Waals surface area contributed by atoms with Crippen molar-refractivity contribution < 1.29 is 27.9 Å². The number of benzene rings is 2. The highest BCUT2D eigenvalue weighted by molar-refractivity contribution is 5.95. The number of rotatable bonds is 6. The van der Waals surface area contributed by atoms with Gasteiger partial charge in [0.2, 0.25) is 0 Å². The van der Waals surface area contributed by atoms with E-state index in [0.29, 0.717) is 11.3 Å². The Kier molecular flexibility index (Phi) is 6.05. The van der Waals surface area contributed by atoms with Gasteiger partial charge in [-0.15, -0.1) is 0 Å². The fraction of sp³-hybridized carbons (Fsp3) is 0.150. The van der Waals surface area contributed by atoms with Crippen molar-refractivity contribution in [2.45, 2.75) is 12.2 Å². The highest BCUT2D eigenvalue weighted by atomic mass is 19.4. The van der Waals surface area contributed by atoms with Gasteiger partial charge in [-0.1, -0.05) is 48.5 Å². The van der Waals surface area contributed by atoms with Gasteiger partial charge < -0.3 is 15.7 Å². The van der Waals surface area contributed by atoms with Gasteiger partial charge in [0.15, 0.2) is 5.69 Å². The Morgan fingerprint density at radius 3 is 2.20 bits per heavy atom. The predicted octanol–water partition coefficient (Wildman–Crippen LogP) is 3.63. The van der Waals surface area contributed by atoms with Crippen molar-refractivity contribution in [3.8, 4) is 5.69 Å². The van der Waals surface area contributed by atoms with Crippen molar-refractivity contribution >= 4 is 12.0 Å². The van der Waals surface area contributed by atoms with E-state index in [1.807, 2.05) is 0 Å². The summed E-state index contributed by atoms with van der Waals surface area (Å²) >= 11 is 0. The van der Waals surface area contributed by atoms with Crippen LogP contribution in [0.5, 0.6) is 0 Å². The maximum atomic E-state index is 13.5. The van der Waals surface area contributed by atoms with Crippen LogP contribution in [0.3, 0.4) is 0 Å². The van der Waals surface area contributed by atoms with Crippen LogP contribution >= 0.6 is 0 Å². The number of para-hydroxylation sites is 1.